The van der Waals surface area contributed by atoms with E-state index < -0.39 is 4.92 Å². The van der Waals surface area contributed by atoms with Crippen molar-refractivity contribution in [1.82, 2.24) is 14.9 Å². The van der Waals surface area contributed by atoms with Gasteiger partial charge in [-0.05, 0) is 31.6 Å². The summed E-state index contributed by atoms with van der Waals surface area (Å²) in [5.41, 5.74) is -0.172. The van der Waals surface area contributed by atoms with E-state index in [4.69, 9.17) is 11.6 Å². The number of likely N-dealkylation sites (N-methyl/N-ethyl adjacent to an activating group) is 1. The summed E-state index contributed by atoms with van der Waals surface area (Å²) in [6, 6.07) is 0.0275. The van der Waals surface area contributed by atoms with Crippen molar-refractivity contribution in [1.29, 1.82) is 0 Å². The van der Waals surface area contributed by atoms with E-state index in [1.54, 1.807) is 0 Å². The maximum absolute atomic E-state index is 10.9. The molecule has 1 heterocycles. The molecule has 0 bridgehead atoms. The molecular formula is C11H18ClN5O2. The van der Waals surface area contributed by atoms with Crippen molar-refractivity contribution in [3.63, 3.8) is 0 Å². The smallest absolute Gasteiger partial charge is 0.329 e. The van der Waals surface area contributed by atoms with Crippen molar-refractivity contribution in [2.45, 2.75) is 19.9 Å². The molecule has 0 aliphatic rings. The van der Waals surface area contributed by atoms with Gasteiger partial charge in [0.2, 0.25) is 11.1 Å². The molecule has 0 aliphatic carbocycles. The van der Waals surface area contributed by atoms with Crippen molar-refractivity contribution < 1.29 is 4.92 Å². The second-order valence-electron chi connectivity index (χ2n) is 4.89. The second kappa shape index (κ2) is 6.63. The van der Waals surface area contributed by atoms with Crippen LogP contribution in [0.4, 0.5) is 11.5 Å². The molecule has 0 aromatic carbocycles. The summed E-state index contributed by atoms with van der Waals surface area (Å²) in [7, 11) is 3.89. The zero-order chi connectivity index (χ0) is 14.6. The summed E-state index contributed by atoms with van der Waals surface area (Å²) in [6.45, 7) is 4.81. The first-order chi connectivity index (χ1) is 8.81. The fourth-order valence-electron chi connectivity index (χ4n) is 1.59. The third-order valence-corrected chi connectivity index (χ3v) is 2.81. The average molecular weight is 288 g/mol. The zero-order valence-corrected chi connectivity index (χ0v) is 12.2. The minimum Gasteiger partial charge on any atom is -0.360 e. The lowest BCUT2D eigenvalue weighted by Gasteiger charge is -2.25. The number of halogens is 1. The van der Waals surface area contributed by atoms with E-state index in [0.717, 1.165) is 12.7 Å². The Morgan fingerprint density at radius 1 is 1.53 bits per heavy atom. The first kappa shape index (κ1) is 15.6. The van der Waals surface area contributed by atoms with E-state index in [9.17, 15) is 10.1 Å². The number of aromatic nitrogens is 2. The van der Waals surface area contributed by atoms with E-state index >= 15 is 0 Å². The Bertz CT molecular complexity index is 453. The highest BCUT2D eigenvalue weighted by atomic mass is 35.5. The number of nitrogens with one attached hydrogen (secondary N) is 1. The molecule has 1 aromatic heterocycles. The SMILES string of the molecule is CC(C)C(CN(C)C)Nc1nc(Cl)ncc1[N+](=O)[O-]. The Hall–Kier alpha value is -1.47. The van der Waals surface area contributed by atoms with Crippen LogP contribution in [-0.2, 0) is 0 Å². The van der Waals surface area contributed by atoms with Gasteiger partial charge < -0.3 is 10.2 Å². The van der Waals surface area contributed by atoms with Crippen LogP contribution in [0.1, 0.15) is 13.8 Å². The summed E-state index contributed by atoms with van der Waals surface area (Å²) in [5, 5.41) is 14.0. The molecule has 1 atom stereocenters. The van der Waals surface area contributed by atoms with Gasteiger partial charge in [0.15, 0.2) is 0 Å². The van der Waals surface area contributed by atoms with E-state index in [0.29, 0.717) is 0 Å². The molecule has 0 radical (unpaired) electrons. The van der Waals surface area contributed by atoms with E-state index in [1.165, 1.54) is 0 Å². The van der Waals surface area contributed by atoms with Gasteiger partial charge in [-0.15, -0.1) is 0 Å². The molecule has 0 saturated carbocycles. The third-order valence-electron chi connectivity index (χ3n) is 2.63. The molecule has 106 valence electrons. The van der Waals surface area contributed by atoms with Gasteiger partial charge in [-0.2, -0.15) is 4.98 Å². The highest BCUT2D eigenvalue weighted by Crippen LogP contribution is 2.24. The highest BCUT2D eigenvalue weighted by molar-refractivity contribution is 6.28. The second-order valence-corrected chi connectivity index (χ2v) is 5.23. The Balaban J connectivity index is 3.01. The topological polar surface area (TPSA) is 84.2 Å². The minimum absolute atomic E-state index is 0.0135. The monoisotopic (exact) mass is 287 g/mol. The molecule has 19 heavy (non-hydrogen) atoms. The number of nitrogens with zero attached hydrogens (tertiary/aromatic N) is 4. The van der Waals surface area contributed by atoms with E-state index in [2.05, 4.69) is 15.3 Å². The van der Waals surface area contributed by atoms with Crippen LogP contribution in [-0.4, -0.2) is 46.5 Å². The van der Waals surface area contributed by atoms with Gasteiger partial charge in [-0.25, -0.2) is 4.98 Å². The normalized spacial score (nSPS) is 12.8. The molecule has 0 aliphatic heterocycles. The molecule has 1 unspecified atom stereocenters. The molecule has 1 aromatic rings. The minimum atomic E-state index is -0.522. The lowest BCUT2D eigenvalue weighted by Crippen LogP contribution is -2.36. The van der Waals surface area contributed by atoms with Crippen LogP contribution in [0.15, 0.2) is 6.20 Å². The van der Waals surface area contributed by atoms with Crippen LogP contribution < -0.4 is 5.32 Å². The van der Waals surface area contributed by atoms with E-state index in [-0.39, 0.29) is 28.7 Å². The number of anilines is 1. The van der Waals surface area contributed by atoms with Gasteiger partial charge >= 0.3 is 5.69 Å². The van der Waals surface area contributed by atoms with Crippen LogP contribution in [0.3, 0.4) is 0 Å². The summed E-state index contributed by atoms with van der Waals surface area (Å²) in [6.07, 6.45) is 1.12. The Morgan fingerprint density at radius 3 is 2.63 bits per heavy atom. The summed E-state index contributed by atoms with van der Waals surface area (Å²) >= 11 is 5.70. The highest BCUT2D eigenvalue weighted by Gasteiger charge is 2.22. The summed E-state index contributed by atoms with van der Waals surface area (Å²) < 4.78 is 0. The molecule has 1 N–H and O–H groups in total. The standard InChI is InChI=1S/C11H18ClN5O2/c1-7(2)8(6-16(3)4)14-10-9(17(18)19)5-13-11(12)15-10/h5,7-8H,6H2,1-4H3,(H,13,14,15). The van der Waals surface area contributed by atoms with Crippen LogP contribution in [0, 0.1) is 16.0 Å². The van der Waals surface area contributed by atoms with Crippen LogP contribution >= 0.6 is 11.6 Å². The van der Waals surface area contributed by atoms with Crippen molar-refractivity contribution in [3.05, 3.63) is 21.6 Å². The van der Waals surface area contributed by atoms with Gasteiger partial charge in [0.1, 0.15) is 6.20 Å². The lowest BCUT2D eigenvalue weighted by molar-refractivity contribution is -0.384. The first-order valence-electron chi connectivity index (χ1n) is 5.89. The predicted octanol–water partition coefficient (Wildman–Crippen LogP) is 2.04. The van der Waals surface area contributed by atoms with Crippen LogP contribution in [0.5, 0.6) is 0 Å². The largest absolute Gasteiger partial charge is 0.360 e. The molecule has 0 spiro atoms. The Kier molecular flexibility index (Phi) is 5.44. The molecule has 7 nitrogen and oxygen atoms in total. The third kappa shape index (κ3) is 4.60. The van der Waals surface area contributed by atoms with Crippen molar-refractivity contribution in [2.24, 2.45) is 5.92 Å². The lowest BCUT2D eigenvalue weighted by atomic mass is 10.0. The van der Waals surface area contributed by atoms with Crippen LogP contribution in [0.2, 0.25) is 5.28 Å². The van der Waals surface area contributed by atoms with Gasteiger partial charge in [0.05, 0.1) is 4.92 Å². The van der Waals surface area contributed by atoms with Gasteiger partial charge in [-0.1, -0.05) is 13.8 Å². The molecule has 0 fully saturated rings. The fraction of sp³-hybridized carbons (Fsp3) is 0.636. The maximum atomic E-state index is 10.9. The molecular weight excluding hydrogens is 270 g/mol. The number of rotatable bonds is 6. The summed E-state index contributed by atoms with van der Waals surface area (Å²) in [4.78, 5) is 20.0. The number of hydrogen-bond donors (Lipinski definition) is 1. The summed E-state index contributed by atoms with van der Waals surface area (Å²) in [5.74, 6) is 0.446. The average Bonchev–Trinajstić information content (AvgIpc) is 2.26. The van der Waals surface area contributed by atoms with E-state index in [1.807, 2.05) is 32.8 Å². The van der Waals surface area contributed by atoms with Gasteiger partial charge in [0.25, 0.3) is 0 Å². The van der Waals surface area contributed by atoms with Crippen molar-refractivity contribution in [2.75, 3.05) is 26.0 Å². The number of hydrogen-bond acceptors (Lipinski definition) is 6. The van der Waals surface area contributed by atoms with Gasteiger partial charge in [0, 0.05) is 12.6 Å². The van der Waals surface area contributed by atoms with Crippen molar-refractivity contribution >= 4 is 23.1 Å². The molecule has 0 saturated heterocycles. The maximum Gasteiger partial charge on any atom is 0.329 e. The van der Waals surface area contributed by atoms with Crippen LogP contribution in [0.25, 0.3) is 0 Å². The predicted molar refractivity (Wildman–Crippen MR) is 74.5 cm³/mol. The molecule has 1 rings (SSSR count). The number of nitro groups is 1. The quantitative estimate of drug-likeness (QED) is 0.490. The molecule has 0 amide bonds. The van der Waals surface area contributed by atoms with Gasteiger partial charge in [-0.3, -0.25) is 10.1 Å². The Labute approximate surface area is 117 Å². The van der Waals surface area contributed by atoms with Crippen molar-refractivity contribution in [3.8, 4) is 0 Å². The Morgan fingerprint density at radius 2 is 2.16 bits per heavy atom. The molecule has 8 heteroatoms. The fourth-order valence-corrected chi connectivity index (χ4v) is 1.72. The first-order valence-corrected chi connectivity index (χ1v) is 6.27. The zero-order valence-electron chi connectivity index (χ0n) is 11.4.